The summed E-state index contributed by atoms with van der Waals surface area (Å²) in [7, 11) is 1.64. The van der Waals surface area contributed by atoms with Crippen molar-refractivity contribution in [2.24, 2.45) is 10.2 Å². The molecule has 0 aromatic carbocycles. The van der Waals surface area contributed by atoms with E-state index in [0.29, 0.717) is 6.10 Å². The molecule has 3 heteroatoms. The first kappa shape index (κ1) is 8.97. The van der Waals surface area contributed by atoms with Crippen LogP contribution in [0.5, 0.6) is 0 Å². The van der Waals surface area contributed by atoms with Gasteiger partial charge in [-0.2, -0.15) is 10.2 Å². The third-order valence-electron chi connectivity index (χ3n) is 1.61. The molecule has 0 heterocycles. The molecule has 1 rings (SSSR count). The van der Waals surface area contributed by atoms with E-state index in [2.05, 4.69) is 16.8 Å². The van der Waals surface area contributed by atoms with Crippen LogP contribution in [0.25, 0.3) is 0 Å². The van der Waals surface area contributed by atoms with Crippen molar-refractivity contribution in [2.75, 3.05) is 7.05 Å². The number of allylic oxidation sites excluding steroid dienone is 2. The highest BCUT2D eigenvalue weighted by molar-refractivity contribution is 5.16. The Kier molecular flexibility index (Phi) is 3.02. The quantitative estimate of drug-likeness (QED) is 0.359. The van der Waals surface area contributed by atoms with Crippen LogP contribution in [0.4, 0.5) is 0 Å². The summed E-state index contributed by atoms with van der Waals surface area (Å²) < 4.78 is 5.53. The Morgan fingerprint density at radius 2 is 2.25 bits per heavy atom. The van der Waals surface area contributed by atoms with E-state index in [1.165, 1.54) is 0 Å². The molecule has 0 aromatic rings. The Balaban J connectivity index is 2.61. The fourth-order valence-corrected chi connectivity index (χ4v) is 0.846. The number of nitrogens with zero attached hydrogens (tertiary/aromatic N) is 2. The van der Waals surface area contributed by atoms with Crippen molar-refractivity contribution in [3.63, 3.8) is 0 Å². The van der Waals surface area contributed by atoms with E-state index < -0.39 is 0 Å². The molecule has 1 aliphatic carbocycles. The van der Waals surface area contributed by atoms with E-state index in [9.17, 15) is 0 Å². The van der Waals surface area contributed by atoms with E-state index in [1.54, 1.807) is 13.1 Å². The average molecular weight is 166 g/mol. The van der Waals surface area contributed by atoms with E-state index in [-0.39, 0.29) is 0 Å². The molecule has 0 unspecified atom stereocenters. The molecule has 1 saturated carbocycles. The standard InChI is InChI=1S/C9H14N2O/c1-4-9(7(2)11-10-3)12-8-5-6-8/h4,8H,1,5-6H2,2-3H3/b9-7-,11-10?. The minimum Gasteiger partial charge on any atom is -0.488 e. The van der Waals surface area contributed by atoms with Gasteiger partial charge < -0.3 is 4.74 Å². The highest BCUT2D eigenvalue weighted by Gasteiger charge is 2.24. The van der Waals surface area contributed by atoms with Crippen LogP contribution in [0.1, 0.15) is 19.8 Å². The lowest BCUT2D eigenvalue weighted by atomic mass is 10.4. The number of hydrogen-bond donors (Lipinski definition) is 0. The van der Waals surface area contributed by atoms with Crippen molar-refractivity contribution in [3.05, 3.63) is 24.1 Å². The van der Waals surface area contributed by atoms with Gasteiger partial charge in [0.05, 0.1) is 6.10 Å². The van der Waals surface area contributed by atoms with Crippen LogP contribution in [0.3, 0.4) is 0 Å². The molecule has 0 N–H and O–H groups in total. The maximum absolute atomic E-state index is 5.53. The molecule has 0 aromatic heterocycles. The summed E-state index contributed by atoms with van der Waals surface area (Å²) in [6, 6.07) is 0. The zero-order valence-electron chi connectivity index (χ0n) is 7.58. The van der Waals surface area contributed by atoms with E-state index in [4.69, 9.17) is 4.74 Å². The molecular weight excluding hydrogens is 152 g/mol. The van der Waals surface area contributed by atoms with Gasteiger partial charge in [0.25, 0.3) is 0 Å². The van der Waals surface area contributed by atoms with Crippen molar-refractivity contribution in [3.8, 4) is 0 Å². The van der Waals surface area contributed by atoms with Gasteiger partial charge in [0.1, 0.15) is 11.5 Å². The SMILES string of the molecule is C=C/C(OC1CC1)=C(\C)N=NC. The van der Waals surface area contributed by atoms with Crippen molar-refractivity contribution >= 4 is 0 Å². The largest absolute Gasteiger partial charge is 0.488 e. The van der Waals surface area contributed by atoms with Gasteiger partial charge in [0.15, 0.2) is 0 Å². The fraction of sp³-hybridized carbons (Fsp3) is 0.556. The van der Waals surface area contributed by atoms with E-state index >= 15 is 0 Å². The molecule has 0 aliphatic heterocycles. The third-order valence-corrected chi connectivity index (χ3v) is 1.61. The zero-order valence-corrected chi connectivity index (χ0v) is 7.58. The number of azo groups is 1. The van der Waals surface area contributed by atoms with Gasteiger partial charge in [-0.3, -0.25) is 0 Å². The van der Waals surface area contributed by atoms with Gasteiger partial charge in [-0.1, -0.05) is 6.58 Å². The molecule has 0 spiro atoms. The second kappa shape index (κ2) is 4.04. The van der Waals surface area contributed by atoms with Gasteiger partial charge in [-0.15, -0.1) is 0 Å². The fourth-order valence-electron chi connectivity index (χ4n) is 0.846. The highest BCUT2D eigenvalue weighted by Crippen LogP contribution is 2.27. The lowest BCUT2D eigenvalue weighted by Gasteiger charge is -2.05. The molecule has 0 bridgehead atoms. The van der Waals surface area contributed by atoms with E-state index in [0.717, 1.165) is 24.3 Å². The van der Waals surface area contributed by atoms with Gasteiger partial charge in [0, 0.05) is 7.05 Å². The van der Waals surface area contributed by atoms with Crippen molar-refractivity contribution in [2.45, 2.75) is 25.9 Å². The van der Waals surface area contributed by atoms with Crippen LogP contribution < -0.4 is 0 Å². The molecule has 3 nitrogen and oxygen atoms in total. The zero-order chi connectivity index (χ0) is 8.97. The van der Waals surface area contributed by atoms with Crippen LogP contribution in [0, 0.1) is 0 Å². The van der Waals surface area contributed by atoms with Crippen LogP contribution >= 0.6 is 0 Å². The van der Waals surface area contributed by atoms with Crippen LogP contribution in [0.15, 0.2) is 34.3 Å². The van der Waals surface area contributed by atoms with Crippen molar-refractivity contribution < 1.29 is 4.74 Å². The summed E-state index contributed by atoms with van der Waals surface area (Å²) in [5.41, 5.74) is 0.791. The summed E-state index contributed by atoms with van der Waals surface area (Å²) in [5, 5.41) is 7.56. The molecule has 1 fully saturated rings. The smallest absolute Gasteiger partial charge is 0.142 e. The van der Waals surface area contributed by atoms with Crippen LogP contribution in [0.2, 0.25) is 0 Å². The lowest BCUT2D eigenvalue weighted by Crippen LogP contribution is -1.93. The second-order valence-corrected chi connectivity index (χ2v) is 2.77. The molecular formula is C9H14N2O. The average Bonchev–Trinajstić information content (AvgIpc) is 2.84. The Morgan fingerprint density at radius 1 is 1.58 bits per heavy atom. The normalized spacial score (nSPS) is 19.2. The summed E-state index contributed by atoms with van der Waals surface area (Å²) in [5.74, 6) is 0.753. The first-order valence-corrected chi connectivity index (χ1v) is 4.07. The van der Waals surface area contributed by atoms with Crippen molar-refractivity contribution in [1.82, 2.24) is 0 Å². The molecule has 0 radical (unpaired) electrons. The maximum Gasteiger partial charge on any atom is 0.142 e. The minimum atomic E-state index is 0.389. The molecule has 0 amide bonds. The first-order chi connectivity index (χ1) is 5.77. The molecule has 0 saturated heterocycles. The Morgan fingerprint density at radius 3 is 2.67 bits per heavy atom. The summed E-state index contributed by atoms with van der Waals surface area (Å²) in [6.07, 6.45) is 4.37. The summed E-state index contributed by atoms with van der Waals surface area (Å²) in [4.78, 5) is 0. The minimum absolute atomic E-state index is 0.389. The second-order valence-electron chi connectivity index (χ2n) is 2.77. The number of hydrogen-bond acceptors (Lipinski definition) is 3. The maximum atomic E-state index is 5.53. The highest BCUT2D eigenvalue weighted by atomic mass is 16.5. The van der Waals surface area contributed by atoms with E-state index in [1.807, 2.05) is 6.92 Å². The van der Waals surface area contributed by atoms with Gasteiger partial charge in [0.2, 0.25) is 0 Å². The Hall–Kier alpha value is -1.12. The van der Waals surface area contributed by atoms with Crippen LogP contribution in [-0.4, -0.2) is 13.2 Å². The first-order valence-electron chi connectivity index (χ1n) is 4.07. The summed E-state index contributed by atoms with van der Waals surface area (Å²) in [6.45, 7) is 5.53. The topological polar surface area (TPSA) is 34.0 Å². The molecule has 12 heavy (non-hydrogen) atoms. The molecule has 1 aliphatic rings. The Bertz CT molecular complexity index is 227. The monoisotopic (exact) mass is 166 g/mol. The number of ether oxygens (including phenoxy) is 1. The van der Waals surface area contributed by atoms with Gasteiger partial charge in [-0.25, -0.2) is 0 Å². The van der Waals surface area contributed by atoms with Gasteiger partial charge >= 0.3 is 0 Å². The predicted molar refractivity (Wildman–Crippen MR) is 47.8 cm³/mol. The van der Waals surface area contributed by atoms with Crippen LogP contribution in [-0.2, 0) is 4.74 Å². The molecule has 66 valence electrons. The van der Waals surface area contributed by atoms with Crippen molar-refractivity contribution in [1.29, 1.82) is 0 Å². The lowest BCUT2D eigenvalue weighted by molar-refractivity contribution is 0.205. The molecule has 0 atom stereocenters. The number of rotatable bonds is 4. The van der Waals surface area contributed by atoms with Gasteiger partial charge in [-0.05, 0) is 25.8 Å². The summed E-state index contributed by atoms with van der Waals surface area (Å²) >= 11 is 0. The predicted octanol–water partition coefficient (Wildman–Crippen LogP) is 2.66. The Labute approximate surface area is 72.8 Å². The third kappa shape index (κ3) is 2.49.